The van der Waals surface area contributed by atoms with Crippen LogP contribution in [0.25, 0.3) is 0 Å². The molecule has 94 valence electrons. The Morgan fingerprint density at radius 3 is 2.61 bits per heavy atom. The molecule has 0 bridgehead atoms. The molecule has 1 aromatic carbocycles. The largest absolute Gasteiger partial charge is 0.497 e. The molecule has 1 heterocycles. The fourth-order valence-electron chi connectivity index (χ4n) is 1.35. The van der Waals surface area contributed by atoms with Gasteiger partial charge in [-0.25, -0.2) is 4.98 Å². The molecule has 0 aliphatic rings. The zero-order valence-corrected chi connectivity index (χ0v) is 10.5. The monoisotopic (exact) mass is 265 g/mol. The van der Waals surface area contributed by atoms with E-state index in [-0.39, 0.29) is 16.7 Å². The lowest BCUT2D eigenvalue weighted by atomic mass is 10.2. The number of nitrogen functional groups attached to an aromatic ring is 1. The van der Waals surface area contributed by atoms with Gasteiger partial charge in [-0.05, 0) is 17.7 Å². The number of hydrogen-bond acceptors (Lipinski definition) is 5. The second-order valence-corrected chi connectivity index (χ2v) is 3.88. The van der Waals surface area contributed by atoms with Crippen molar-refractivity contribution in [1.29, 1.82) is 0 Å². The summed E-state index contributed by atoms with van der Waals surface area (Å²) in [6.07, 6.45) is 1.31. The van der Waals surface area contributed by atoms with Gasteiger partial charge in [-0.1, -0.05) is 23.7 Å². The SMILES string of the molecule is COc1ccc(COc2ncnc(Cl)c2N)cc1. The molecule has 0 atom stereocenters. The van der Waals surface area contributed by atoms with E-state index in [1.54, 1.807) is 7.11 Å². The quantitative estimate of drug-likeness (QED) is 0.859. The number of methoxy groups -OCH3 is 1. The van der Waals surface area contributed by atoms with E-state index in [1.807, 2.05) is 24.3 Å². The Hall–Kier alpha value is -2.01. The number of nitrogens with zero attached hydrogens (tertiary/aromatic N) is 2. The number of benzene rings is 1. The summed E-state index contributed by atoms with van der Waals surface area (Å²) in [5, 5.41) is 0.190. The van der Waals surface area contributed by atoms with Crippen molar-refractivity contribution in [2.75, 3.05) is 12.8 Å². The van der Waals surface area contributed by atoms with E-state index in [0.29, 0.717) is 6.61 Å². The lowest BCUT2D eigenvalue weighted by Crippen LogP contribution is -2.02. The molecule has 2 N–H and O–H groups in total. The Morgan fingerprint density at radius 1 is 1.22 bits per heavy atom. The zero-order valence-electron chi connectivity index (χ0n) is 9.76. The number of rotatable bonds is 4. The third kappa shape index (κ3) is 2.81. The van der Waals surface area contributed by atoms with Gasteiger partial charge in [-0.2, -0.15) is 4.98 Å². The number of anilines is 1. The molecule has 0 saturated heterocycles. The smallest absolute Gasteiger partial charge is 0.242 e. The molecular weight excluding hydrogens is 254 g/mol. The summed E-state index contributed by atoms with van der Waals surface area (Å²) in [5.74, 6) is 1.08. The predicted molar refractivity (Wildman–Crippen MR) is 68.8 cm³/mol. The van der Waals surface area contributed by atoms with Crippen molar-refractivity contribution in [2.24, 2.45) is 0 Å². The van der Waals surface area contributed by atoms with Crippen LogP contribution in [0.1, 0.15) is 5.56 Å². The van der Waals surface area contributed by atoms with Gasteiger partial charge in [0.1, 0.15) is 24.4 Å². The lowest BCUT2D eigenvalue weighted by molar-refractivity contribution is 0.295. The molecule has 2 rings (SSSR count). The van der Waals surface area contributed by atoms with E-state index in [1.165, 1.54) is 6.33 Å². The molecule has 0 spiro atoms. The van der Waals surface area contributed by atoms with Crippen LogP contribution in [-0.4, -0.2) is 17.1 Å². The number of halogens is 1. The summed E-state index contributed by atoms with van der Waals surface area (Å²) in [7, 11) is 1.62. The Morgan fingerprint density at radius 2 is 1.94 bits per heavy atom. The fourth-order valence-corrected chi connectivity index (χ4v) is 1.47. The van der Waals surface area contributed by atoms with Crippen LogP contribution >= 0.6 is 11.6 Å². The van der Waals surface area contributed by atoms with Crippen LogP contribution in [0, 0.1) is 0 Å². The first kappa shape index (κ1) is 12.4. The summed E-state index contributed by atoms with van der Waals surface area (Å²) in [6.45, 7) is 0.349. The average Bonchev–Trinajstić information content (AvgIpc) is 2.41. The highest BCUT2D eigenvalue weighted by molar-refractivity contribution is 6.32. The van der Waals surface area contributed by atoms with Crippen LogP contribution in [0.4, 0.5) is 5.69 Å². The molecule has 2 aromatic rings. The minimum atomic E-state index is 0.190. The second kappa shape index (κ2) is 5.55. The van der Waals surface area contributed by atoms with Crippen molar-refractivity contribution in [3.05, 3.63) is 41.3 Å². The average molecular weight is 266 g/mol. The van der Waals surface area contributed by atoms with Gasteiger partial charge in [0.15, 0.2) is 5.15 Å². The number of aromatic nitrogens is 2. The Balaban J connectivity index is 2.04. The van der Waals surface area contributed by atoms with Crippen molar-refractivity contribution < 1.29 is 9.47 Å². The molecule has 6 heteroatoms. The van der Waals surface area contributed by atoms with Crippen molar-refractivity contribution >= 4 is 17.3 Å². The summed E-state index contributed by atoms with van der Waals surface area (Å²) in [5.41, 5.74) is 6.91. The maximum absolute atomic E-state index is 5.76. The Labute approximate surface area is 110 Å². The molecule has 0 aliphatic heterocycles. The third-order valence-corrected chi connectivity index (χ3v) is 2.63. The van der Waals surface area contributed by atoms with Gasteiger partial charge in [-0.3, -0.25) is 0 Å². The molecule has 1 aromatic heterocycles. The molecule has 0 aliphatic carbocycles. The van der Waals surface area contributed by atoms with Crippen molar-refractivity contribution in [1.82, 2.24) is 9.97 Å². The van der Waals surface area contributed by atoms with E-state index in [0.717, 1.165) is 11.3 Å². The molecule has 0 radical (unpaired) electrons. The van der Waals surface area contributed by atoms with Gasteiger partial charge in [-0.15, -0.1) is 0 Å². The summed E-state index contributed by atoms with van der Waals surface area (Å²) >= 11 is 5.76. The van der Waals surface area contributed by atoms with E-state index < -0.39 is 0 Å². The van der Waals surface area contributed by atoms with Crippen molar-refractivity contribution in [3.8, 4) is 11.6 Å². The van der Waals surface area contributed by atoms with Crippen LogP contribution < -0.4 is 15.2 Å². The lowest BCUT2D eigenvalue weighted by Gasteiger charge is -2.08. The Bertz CT molecular complexity index is 531. The minimum absolute atomic E-state index is 0.190. The number of nitrogens with two attached hydrogens (primary N) is 1. The summed E-state index contributed by atoms with van der Waals surface area (Å²) < 4.78 is 10.5. The molecular formula is C12H12ClN3O2. The van der Waals surface area contributed by atoms with Gasteiger partial charge in [0.25, 0.3) is 0 Å². The molecule has 5 nitrogen and oxygen atoms in total. The fraction of sp³-hybridized carbons (Fsp3) is 0.167. The molecule has 0 fully saturated rings. The highest BCUT2D eigenvalue weighted by Gasteiger charge is 2.07. The second-order valence-electron chi connectivity index (χ2n) is 3.52. The maximum Gasteiger partial charge on any atom is 0.242 e. The maximum atomic E-state index is 5.76. The van der Waals surface area contributed by atoms with Gasteiger partial charge in [0, 0.05) is 0 Å². The molecule has 0 amide bonds. The predicted octanol–water partition coefficient (Wildman–Crippen LogP) is 2.30. The van der Waals surface area contributed by atoms with E-state index in [4.69, 9.17) is 26.8 Å². The van der Waals surface area contributed by atoms with Crippen LogP contribution in [-0.2, 0) is 6.61 Å². The van der Waals surface area contributed by atoms with Crippen LogP contribution in [0.15, 0.2) is 30.6 Å². The van der Waals surface area contributed by atoms with Crippen LogP contribution in [0.2, 0.25) is 5.15 Å². The third-order valence-electron chi connectivity index (χ3n) is 2.33. The van der Waals surface area contributed by atoms with Gasteiger partial charge in [0.2, 0.25) is 5.88 Å². The van der Waals surface area contributed by atoms with Crippen molar-refractivity contribution in [2.45, 2.75) is 6.61 Å². The molecule has 18 heavy (non-hydrogen) atoms. The van der Waals surface area contributed by atoms with Gasteiger partial charge >= 0.3 is 0 Å². The first-order chi connectivity index (χ1) is 8.70. The molecule has 0 unspecified atom stereocenters. The zero-order chi connectivity index (χ0) is 13.0. The number of ether oxygens (including phenoxy) is 2. The minimum Gasteiger partial charge on any atom is -0.497 e. The first-order valence-electron chi connectivity index (χ1n) is 5.22. The van der Waals surface area contributed by atoms with E-state index in [9.17, 15) is 0 Å². The van der Waals surface area contributed by atoms with E-state index in [2.05, 4.69) is 9.97 Å². The van der Waals surface area contributed by atoms with Gasteiger partial charge < -0.3 is 15.2 Å². The van der Waals surface area contributed by atoms with E-state index >= 15 is 0 Å². The summed E-state index contributed by atoms with van der Waals surface area (Å²) in [4.78, 5) is 7.67. The Kier molecular flexibility index (Phi) is 3.84. The number of hydrogen-bond donors (Lipinski definition) is 1. The van der Waals surface area contributed by atoms with Crippen LogP contribution in [0.3, 0.4) is 0 Å². The van der Waals surface area contributed by atoms with Gasteiger partial charge in [0.05, 0.1) is 7.11 Å². The first-order valence-corrected chi connectivity index (χ1v) is 5.60. The topological polar surface area (TPSA) is 70.3 Å². The normalized spacial score (nSPS) is 10.1. The van der Waals surface area contributed by atoms with Crippen molar-refractivity contribution in [3.63, 3.8) is 0 Å². The standard InChI is InChI=1S/C12H12ClN3O2/c1-17-9-4-2-8(3-5-9)6-18-12-10(14)11(13)15-7-16-12/h2-5,7H,6,14H2,1H3. The molecule has 0 saturated carbocycles. The highest BCUT2D eigenvalue weighted by Crippen LogP contribution is 2.24. The van der Waals surface area contributed by atoms with Crippen LogP contribution in [0.5, 0.6) is 11.6 Å². The highest BCUT2D eigenvalue weighted by atomic mass is 35.5. The summed E-state index contributed by atoms with van der Waals surface area (Å²) in [6, 6.07) is 7.51.